The number of aliphatic hydroxyl groups excluding tert-OH is 1. The van der Waals surface area contributed by atoms with E-state index in [1.165, 1.54) is 6.33 Å². The third-order valence-electron chi connectivity index (χ3n) is 4.12. The van der Waals surface area contributed by atoms with Crippen molar-refractivity contribution in [2.24, 2.45) is 0 Å². The average Bonchev–Trinajstić information content (AvgIpc) is 3.38. The van der Waals surface area contributed by atoms with Gasteiger partial charge in [0.2, 0.25) is 0 Å². The number of aromatic amines is 1. The van der Waals surface area contributed by atoms with Gasteiger partial charge in [-0.25, -0.2) is 14.8 Å². The molecule has 0 aliphatic carbocycles. The van der Waals surface area contributed by atoms with E-state index in [4.69, 9.17) is 14.3 Å². The molecule has 0 unspecified atom stereocenters. The van der Waals surface area contributed by atoms with Crippen LogP contribution in [0.1, 0.15) is 5.56 Å². The second-order valence-corrected chi connectivity index (χ2v) is 6.11. The Hall–Kier alpha value is -3.92. The van der Waals surface area contributed by atoms with E-state index in [-0.39, 0.29) is 18.9 Å². The maximum atomic E-state index is 11.7. The average molecular weight is 394 g/mol. The molecule has 29 heavy (non-hydrogen) atoms. The highest BCUT2D eigenvalue weighted by atomic mass is 16.5. The molecule has 0 radical (unpaired) electrons. The zero-order chi connectivity index (χ0) is 20.2. The fourth-order valence-electron chi connectivity index (χ4n) is 2.68. The smallest absolute Gasteiger partial charge is 0.349 e. The predicted molar refractivity (Wildman–Crippen MR) is 105 cm³/mol. The fourth-order valence-corrected chi connectivity index (χ4v) is 2.68. The molecule has 148 valence electrons. The summed E-state index contributed by atoms with van der Waals surface area (Å²) < 4.78 is 12.4. The molecule has 0 aliphatic heterocycles. The molecule has 3 aromatic heterocycles. The number of aromatic nitrogens is 5. The van der Waals surface area contributed by atoms with Crippen LogP contribution in [0.25, 0.3) is 17.1 Å². The molecule has 4 rings (SSSR count). The van der Waals surface area contributed by atoms with Gasteiger partial charge in [0.1, 0.15) is 18.7 Å². The van der Waals surface area contributed by atoms with Gasteiger partial charge in [0.15, 0.2) is 11.6 Å². The van der Waals surface area contributed by atoms with Crippen LogP contribution >= 0.6 is 0 Å². The van der Waals surface area contributed by atoms with Crippen molar-refractivity contribution >= 4 is 11.7 Å². The van der Waals surface area contributed by atoms with Crippen molar-refractivity contribution < 1.29 is 14.3 Å². The SMILES string of the molecule is Cc1ccc(OCCO)cc1Nc1ncc(-c2ccnc(-n3nc[nH]c3=O)c2)o1. The van der Waals surface area contributed by atoms with Crippen LogP contribution in [0.2, 0.25) is 0 Å². The van der Waals surface area contributed by atoms with Gasteiger partial charge >= 0.3 is 5.69 Å². The third-order valence-corrected chi connectivity index (χ3v) is 4.12. The van der Waals surface area contributed by atoms with Gasteiger partial charge in [0.05, 0.1) is 12.8 Å². The number of hydrogen-bond acceptors (Lipinski definition) is 8. The van der Waals surface area contributed by atoms with Crippen LogP contribution in [0.3, 0.4) is 0 Å². The van der Waals surface area contributed by atoms with Gasteiger partial charge in [-0.15, -0.1) is 0 Å². The highest BCUT2D eigenvalue weighted by Gasteiger charge is 2.11. The van der Waals surface area contributed by atoms with Crippen molar-refractivity contribution in [3.63, 3.8) is 0 Å². The molecule has 0 saturated carbocycles. The van der Waals surface area contributed by atoms with Crippen molar-refractivity contribution in [3.05, 3.63) is 65.1 Å². The first kappa shape index (κ1) is 18.4. The first-order chi connectivity index (χ1) is 14.1. The lowest BCUT2D eigenvalue weighted by Gasteiger charge is -2.10. The first-order valence-corrected chi connectivity index (χ1v) is 8.81. The van der Waals surface area contributed by atoms with E-state index < -0.39 is 0 Å². The van der Waals surface area contributed by atoms with E-state index in [1.807, 2.05) is 25.1 Å². The maximum Gasteiger partial charge on any atom is 0.349 e. The Morgan fingerprint density at radius 2 is 2.17 bits per heavy atom. The second kappa shape index (κ2) is 7.98. The Balaban J connectivity index is 1.57. The van der Waals surface area contributed by atoms with Crippen LogP contribution in [0, 0.1) is 6.92 Å². The highest BCUT2D eigenvalue weighted by molar-refractivity contribution is 5.63. The Morgan fingerprint density at radius 1 is 1.28 bits per heavy atom. The van der Waals surface area contributed by atoms with Gasteiger partial charge in [0.25, 0.3) is 6.01 Å². The molecule has 3 N–H and O–H groups in total. The molecule has 0 spiro atoms. The number of ether oxygens (including phenoxy) is 1. The summed E-state index contributed by atoms with van der Waals surface area (Å²) in [5.41, 5.74) is 2.06. The standard InChI is InChI=1S/C19H18N6O4/c1-12-2-3-14(28-7-6-26)9-15(12)24-18-21-10-16(29-18)13-4-5-20-17(8-13)25-19(27)22-11-23-25/h2-5,8-11,26H,6-7H2,1H3,(H,21,24)(H,22,23,27). The minimum absolute atomic E-state index is 0.0575. The van der Waals surface area contributed by atoms with E-state index in [2.05, 4.69) is 25.4 Å². The van der Waals surface area contributed by atoms with Gasteiger partial charge in [0, 0.05) is 23.5 Å². The summed E-state index contributed by atoms with van der Waals surface area (Å²) in [7, 11) is 0. The lowest BCUT2D eigenvalue weighted by atomic mass is 10.2. The normalized spacial score (nSPS) is 10.8. The Morgan fingerprint density at radius 3 is 2.97 bits per heavy atom. The highest BCUT2D eigenvalue weighted by Crippen LogP contribution is 2.28. The van der Waals surface area contributed by atoms with E-state index in [0.29, 0.717) is 28.9 Å². The molecule has 0 saturated heterocycles. The molecule has 0 amide bonds. The number of hydrogen-bond donors (Lipinski definition) is 3. The molecule has 0 atom stereocenters. The first-order valence-electron chi connectivity index (χ1n) is 8.81. The van der Waals surface area contributed by atoms with Gasteiger partial charge in [-0.05, 0) is 30.7 Å². The fraction of sp³-hybridized carbons (Fsp3) is 0.158. The van der Waals surface area contributed by atoms with E-state index in [1.54, 1.807) is 24.5 Å². The number of benzene rings is 1. The minimum Gasteiger partial charge on any atom is -0.491 e. The van der Waals surface area contributed by atoms with Crippen molar-refractivity contribution in [2.75, 3.05) is 18.5 Å². The van der Waals surface area contributed by atoms with Crippen LogP contribution < -0.4 is 15.7 Å². The second-order valence-electron chi connectivity index (χ2n) is 6.11. The summed E-state index contributed by atoms with van der Waals surface area (Å²) in [5.74, 6) is 1.50. The Labute approximate surface area is 164 Å². The van der Waals surface area contributed by atoms with Crippen molar-refractivity contribution in [3.8, 4) is 22.9 Å². The van der Waals surface area contributed by atoms with Crippen molar-refractivity contribution in [1.29, 1.82) is 0 Å². The van der Waals surface area contributed by atoms with E-state index >= 15 is 0 Å². The summed E-state index contributed by atoms with van der Waals surface area (Å²) in [6, 6.07) is 9.27. The topological polar surface area (TPSA) is 131 Å². The van der Waals surface area contributed by atoms with Gasteiger partial charge in [-0.3, -0.25) is 4.98 Å². The molecule has 4 aromatic rings. The van der Waals surface area contributed by atoms with Crippen LogP contribution in [0.5, 0.6) is 5.75 Å². The lowest BCUT2D eigenvalue weighted by molar-refractivity contribution is 0.201. The number of rotatable bonds is 7. The largest absolute Gasteiger partial charge is 0.491 e. The molecular formula is C19H18N6O4. The zero-order valence-electron chi connectivity index (χ0n) is 15.5. The van der Waals surface area contributed by atoms with Gasteiger partial charge < -0.3 is 19.6 Å². The van der Waals surface area contributed by atoms with Gasteiger partial charge in [-0.2, -0.15) is 9.78 Å². The minimum atomic E-state index is -0.381. The van der Waals surface area contributed by atoms with Crippen LogP contribution in [-0.4, -0.2) is 43.1 Å². The summed E-state index contributed by atoms with van der Waals surface area (Å²) in [6.07, 6.45) is 4.44. The summed E-state index contributed by atoms with van der Waals surface area (Å²) >= 11 is 0. The number of pyridine rings is 1. The van der Waals surface area contributed by atoms with Crippen LogP contribution in [-0.2, 0) is 0 Å². The van der Waals surface area contributed by atoms with Crippen molar-refractivity contribution in [2.45, 2.75) is 6.92 Å². The molecule has 10 heteroatoms. The molecule has 1 aromatic carbocycles. The zero-order valence-corrected chi connectivity index (χ0v) is 15.5. The number of H-pyrrole nitrogens is 1. The summed E-state index contributed by atoms with van der Waals surface area (Å²) in [6.45, 7) is 2.10. The monoisotopic (exact) mass is 394 g/mol. The number of nitrogens with one attached hydrogen (secondary N) is 2. The predicted octanol–water partition coefficient (Wildman–Crippen LogP) is 2.03. The Kier molecular flexibility index (Phi) is 5.08. The molecule has 3 heterocycles. The van der Waals surface area contributed by atoms with E-state index in [0.717, 1.165) is 15.9 Å². The lowest BCUT2D eigenvalue weighted by Crippen LogP contribution is -2.17. The number of oxazole rings is 1. The number of nitrogens with zero attached hydrogens (tertiary/aromatic N) is 4. The van der Waals surface area contributed by atoms with Crippen molar-refractivity contribution in [1.82, 2.24) is 24.7 Å². The number of aryl methyl sites for hydroxylation is 1. The van der Waals surface area contributed by atoms with E-state index in [9.17, 15) is 4.79 Å². The number of aliphatic hydroxyl groups is 1. The van der Waals surface area contributed by atoms with Crippen LogP contribution in [0.15, 0.2) is 58.3 Å². The van der Waals surface area contributed by atoms with Crippen LogP contribution in [0.4, 0.5) is 11.7 Å². The Bertz CT molecular complexity index is 1180. The number of anilines is 2. The summed E-state index contributed by atoms with van der Waals surface area (Å²) in [5, 5.41) is 15.9. The molecule has 10 nitrogen and oxygen atoms in total. The molecular weight excluding hydrogens is 376 g/mol. The molecule has 0 aliphatic rings. The summed E-state index contributed by atoms with van der Waals surface area (Å²) in [4.78, 5) is 22.6. The molecule has 0 bridgehead atoms. The third kappa shape index (κ3) is 4.01. The molecule has 0 fully saturated rings. The van der Waals surface area contributed by atoms with Gasteiger partial charge in [-0.1, -0.05) is 6.07 Å². The quantitative estimate of drug-likeness (QED) is 0.434. The maximum absolute atomic E-state index is 11.7.